The van der Waals surface area contributed by atoms with E-state index in [4.69, 9.17) is 11.2 Å². The van der Waals surface area contributed by atoms with Crippen molar-refractivity contribution in [3.63, 3.8) is 0 Å². The quantitative estimate of drug-likeness (QED) is 0.108. The van der Waals surface area contributed by atoms with Gasteiger partial charge in [0.15, 0.2) is 0 Å². The molecular formula is C27H58ClP. The van der Waals surface area contributed by atoms with Crippen LogP contribution in [0.25, 0.3) is 0 Å². The fraction of sp³-hybridized carbons (Fsp3) is 1.00. The molecule has 0 aliphatic rings. The Bertz CT molecular complexity index is 303. The van der Waals surface area contributed by atoms with Crippen molar-refractivity contribution in [2.45, 2.75) is 150 Å². The molecule has 29 heavy (non-hydrogen) atoms. The molecule has 0 fully saturated rings. The van der Waals surface area contributed by atoms with Crippen LogP contribution in [0.15, 0.2) is 0 Å². The van der Waals surface area contributed by atoms with Crippen molar-refractivity contribution in [3.05, 3.63) is 0 Å². The third-order valence-electron chi connectivity index (χ3n) is 7.03. The predicted octanol–water partition coefficient (Wildman–Crippen LogP) is 11.2. The normalized spacial score (nSPS) is 13.5. The van der Waals surface area contributed by atoms with Gasteiger partial charge in [0.05, 0.1) is 0 Å². The summed E-state index contributed by atoms with van der Waals surface area (Å²) in [5.74, 6) is -2.05. The SMILES string of the molecule is CCCCCCCP(Cl)(CCCCCC)(CCCCCCC)CCCCCCC. The molecule has 0 aliphatic heterocycles. The molecule has 0 spiro atoms. The van der Waals surface area contributed by atoms with Crippen LogP contribution in [-0.4, -0.2) is 24.6 Å². The van der Waals surface area contributed by atoms with Crippen molar-refractivity contribution >= 4 is 17.2 Å². The third-order valence-corrected chi connectivity index (χ3v) is 14.8. The van der Waals surface area contributed by atoms with Gasteiger partial charge in [-0.3, -0.25) is 0 Å². The van der Waals surface area contributed by atoms with Crippen molar-refractivity contribution in [1.82, 2.24) is 0 Å². The van der Waals surface area contributed by atoms with E-state index in [9.17, 15) is 0 Å². The van der Waals surface area contributed by atoms with Crippen molar-refractivity contribution in [2.24, 2.45) is 0 Å². The molecule has 178 valence electrons. The van der Waals surface area contributed by atoms with Gasteiger partial charge in [-0.1, -0.05) is 0 Å². The molecule has 0 aromatic carbocycles. The van der Waals surface area contributed by atoms with Gasteiger partial charge in [0, 0.05) is 0 Å². The van der Waals surface area contributed by atoms with Gasteiger partial charge in [-0.05, 0) is 0 Å². The molecule has 0 aliphatic carbocycles. The first-order valence-electron chi connectivity index (χ1n) is 13.8. The number of unbranched alkanes of at least 4 members (excludes halogenated alkanes) is 15. The van der Waals surface area contributed by atoms with Crippen LogP contribution in [0.2, 0.25) is 0 Å². The van der Waals surface area contributed by atoms with E-state index < -0.39 is 5.96 Å². The zero-order chi connectivity index (χ0) is 21.7. The Kier molecular flexibility index (Phi) is 19.9. The van der Waals surface area contributed by atoms with Gasteiger partial charge in [0.1, 0.15) is 0 Å². The second-order valence-corrected chi connectivity index (χ2v) is 18.3. The van der Waals surface area contributed by atoms with E-state index in [1.54, 1.807) is 0 Å². The number of hydrogen-bond donors (Lipinski definition) is 0. The van der Waals surface area contributed by atoms with E-state index in [0.29, 0.717) is 0 Å². The van der Waals surface area contributed by atoms with Gasteiger partial charge in [0.2, 0.25) is 0 Å². The summed E-state index contributed by atoms with van der Waals surface area (Å²) in [6.45, 7) is 9.29. The van der Waals surface area contributed by atoms with Gasteiger partial charge in [0.25, 0.3) is 0 Å². The van der Waals surface area contributed by atoms with E-state index in [2.05, 4.69) is 27.7 Å². The summed E-state index contributed by atoms with van der Waals surface area (Å²) < 4.78 is 0. The second-order valence-electron chi connectivity index (χ2n) is 10.0. The van der Waals surface area contributed by atoms with Crippen LogP contribution in [0.3, 0.4) is 0 Å². The van der Waals surface area contributed by atoms with Gasteiger partial charge in [-0.25, -0.2) is 0 Å². The molecule has 0 aromatic heterocycles. The monoisotopic (exact) mass is 448 g/mol. The first kappa shape index (κ1) is 29.7. The molecule has 0 saturated carbocycles. The number of halogens is 1. The van der Waals surface area contributed by atoms with Crippen molar-refractivity contribution in [2.75, 3.05) is 24.6 Å². The minimum atomic E-state index is -2.05. The molecule has 0 atom stereocenters. The molecule has 0 rings (SSSR count). The van der Waals surface area contributed by atoms with E-state index >= 15 is 0 Å². The summed E-state index contributed by atoms with van der Waals surface area (Å²) in [5.41, 5.74) is 0. The predicted molar refractivity (Wildman–Crippen MR) is 143 cm³/mol. The molecule has 0 amide bonds. The summed E-state index contributed by atoms with van der Waals surface area (Å²) in [7, 11) is 0. The molecule has 0 nitrogen and oxygen atoms in total. The average molecular weight is 449 g/mol. The number of hydrogen-bond acceptors (Lipinski definition) is 0. The van der Waals surface area contributed by atoms with E-state index in [1.807, 2.05) is 0 Å². The summed E-state index contributed by atoms with van der Waals surface area (Å²) in [6, 6.07) is 0. The van der Waals surface area contributed by atoms with E-state index in [1.165, 1.54) is 147 Å². The van der Waals surface area contributed by atoms with Gasteiger partial charge in [-0.2, -0.15) is 0 Å². The second kappa shape index (κ2) is 19.4. The minimum absolute atomic E-state index is 1.34. The van der Waals surface area contributed by atoms with Crippen LogP contribution in [0.4, 0.5) is 0 Å². The van der Waals surface area contributed by atoms with Crippen molar-refractivity contribution in [3.8, 4) is 0 Å². The Labute approximate surface area is 191 Å². The molecule has 2 heteroatoms. The zero-order valence-electron chi connectivity index (χ0n) is 21.1. The first-order chi connectivity index (χ1) is 14.0. The molecule has 0 heterocycles. The summed E-state index contributed by atoms with van der Waals surface area (Å²) in [4.78, 5) is 0. The van der Waals surface area contributed by atoms with Crippen LogP contribution in [0.1, 0.15) is 150 Å². The molecular weight excluding hydrogens is 391 g/mol. The molecule has 0 unspecified atom stereocenters. The Hall–Kier alpha value is 0.720. The maximum absolute atomic E-state index is 7.95. The van der Waals surface area contributed by atoms with Crippen LogP contribution in [-0.2, 0) is 0 Å². The van der Waals surface area contributed by atoms with Crippen molar-refractivity contribution in [1.29, 1.82) is 0 Å². The fourth-order valence-electron chi connectivity index (χ4n) is 4.94. The molecule has 0 aromatic rings. The Morgan fingerprint density at radius 2 is 0.552 bits per heavy atom. The standard InChI is InChI=1S/C27H58ClP/c1-5-9-13-17-21-25-29(28,24-20-16-12-8-4,26-22-18-14-10-6-2)27-23-19-15-11-7-3/h5-27H2,1-4H3. The van der Waals surface area contributed by atoms with Crippen LogP contribution in [0, 0.1) is 0 Å². The zero-order valence-corrected chi connectivity index (χ0v) is 22.7. The third kappa shape index (κ3) is 16.1. The molecule has 0 radical (unpaired) electrons. The van der Waals surface area contributed by atoms with E-state index in [-0.39, 0.29) is 0 Å². The van der Waals surface area contributed by atoms with Gasteiger partial charge >= 0.3 is 192 Å². The molecule has 0 bridgehead atoms. The molecule has 0 N–H and O–H groups in total. The van der Waals surface area contributed by atoms with Crippen LogP contribution >= 0.6 is 17.2 Å². The average Bonchev–Trinajstić information content (AvgIpc) is 2.71. The topological polar surface area (TPSA) is 0 Å². The Morgan fingerprint density at radius 3 is 0.793 bits per heavy atom. The number of rotatable bonds is 23. The fourth-order valence-corrected chi connectivity index (χ4v) is 11.8. The Morgan fingerprint density at radius 1 is 0.345 bits per heavy atom. The van der Waals surface area contributed by atoms with E-state index in [0.717, 1.165) is 0 Å². The van der Waals surface area contributed by atoms with Gasteiger partial charge in [-0.15, -0.1) is 0 Å². The maximum atomic E-state index is 7.95. The van der Waals surface area contributed by atoms with Crippen LogP contribution in [0.5, 0.6) is 0 Å². The van der Waals surface area contributed by atoms with Crippen molar-refractivity contribution < 1.29 is 0 Å². The summed E-state index contributed by atoms with van der Waals surface area (Å²) in [5, 5.41) is 0. The Balaban J connectivity index is 4.96. The summed E-state index contributed by atoms with van der Waals surface area (Å²) in [6.07, 6.45) is 32.1. The van der Waals surface area contributed by atoms with Crippen LogP contribution < -0.4 is 0 Å². The summed E-state index contributed by atoms with van der Waals surface area (Å²) >= 11 is 7.95. The molecule has 0 saturated heterocycles. The van der Waals surface area contributed by atoms with Gasteiger partial charge < -0.3 is 0 Å². The first-order valence-corrected chi connectivity index (χ1v) is 17.6.